The first kappa shape index (κ1) is 18.4. The summed E-state index contributed by atoms with van der Waals surface area (Å²) in [7, 11) is 0. The smallest absolute Gasteiger partial charge is 0.410 e. The van der Waals surface area contributed by atoms with Gasteiger partial charge in [0.25, 0.3) is 0 Å². The van der Waals surface area contributed by atoms with Crippen LogP contribution in [0.1, 0.15) is 26.5 Å². The van der Waals surface area contributed by atoms with E-state index in [-0.39, 0.29) is 18.2 Å². The summed E-state index contributed by atoms with van der Waals surface area (Å²) in [4.78, 5) is 35.0. The van der Waals surface area contributed by atoms with Gasteiger partial charge in [0.1, 0.15) is 11.6 Å². The number of hydrogen-bond donors (Lipinski definition) is 1. The molecule has 0 aromatic carbocycles. The molecule has 0 aliphatic carbocycles. The molecular weight excluding hydrogens is 336 g/mol. The van der Waals surface area contributed by atoms with E-state index in [9.17, 15) is 14.7 Å². The lowest BCUT2D eigenvalue weighted by Gasteiger charge is -2.39. The van der Waals surface area contributed by atoms with Gasteiger partial charge in [0.15, 0.2) is 5.15 Å². The summed E-state index contributed by atoms with van der Waals surface area (Å²) in [6.07, 6.45) is 2.47. The Hall–Kier alpha value is -1.93. The van der Waals surface area contributed by atoms with Crippen molar-refractivity contribution in [2.24, 2.45) is 0 Å². The molecule has 1 aromatic rings. The molecule has 1 aliphatic heterocycles. The van der Waals surface area contributed by atoms with Crippen LogP contribution in [0, 0.1) is 0 Å². The van der Waals surface area contributed by atoms with Crippen LogP contribution in [0.3, 0.4) is 0 Å². The molecule has 1 N–H and O–H groups in total. The number of hydrogen-bond acceptors (Lipinski definition) is 6. The fourth-order valence-corrected chi connectivity index (χ4v) is 2.55. The highest BCUT2D eigenvalue weighted by atomic mass is 35.5. The van der Waals surface area contributed by atoms with E-state index in [0.717, 1.165) is 0 Å². The van der Waals surface area contributed by atoms with E-state index < -0.39 is 23.7 Å². The third kappa shape index (κ3) is 4.78. The zero-order valence-corrected chi connectivity index (χ0v) is 14.7. The second-order valence-corrected chi connectivity index (χ2v) is 6.90. The van der Waals surface area contributed by atoms with Crippen LogP contribution in [0.4, 0.5) is 4.79 Å². The number of carbonyl (C=O) groups excluding carboxylic acids is 1. The van der Waals surface area contributed by atoms with Crippen molar-refractivity contribution in [1.29, 1.82) is 0 Å². The number of rotatable bonds is 3. The molecule has 1 atom stereocenters. The van der Waals surface area contributed by atoms with Crippen LogP contribution in [-0.2, 0) is 16.1 Å². The Morgan fingerprint density at radius 1 is 1.33 bits per heavy atom. The van der Waals surface area contributed by atoms with Crippen LogP contribution in [0.25, 0.3) is 0 Å². The molecule has 8 nitrogen and oxygen atoms in total. The molecule has 1 aliphatic rings. The standard InChI is InChI=1S/C15H21ClN4O4/c1-15(2,3)24-14(23)20-7-6-19(11(9-20)13(21)22)8-10-12(16)18-5-4-17-10/h4-5,11H,6-9H2,1-3H3,(H,21,22)/t11-/m0/s1. The van der Waals surface area contributed by atoms with E-state index in [2.05, 4.69) is 9.97 Å². The zero-order valence-electron chi connectivity index (χ0n) is 13.9. The van der Waals surface area contributed by atoms with Gasteiger partial charge in [-0.1, -0.05) is 11.6 Å². The molecule has 2 rings (SSSR count). The Morgan fingerprint density at radius 3 is 2.58 bits per heavy atom. The highest BCUT2D eigenvalue weighted by Crippen LogP contribution is 2.19. The second kappa shape index (κ2) is 7.31. The molecule has 9 heteroatoms. The Labute approximate surface area is 145 Å². The molecule has 0 spiro atoms. The molecule has 24 heavy (non-hydrogen) atoms. The maximum atomic E-state index is 12.1. The summed E-state index contributed by atoms with van der Waals surface area (Å²) in [6, 6.07) is -0.857. The first-order chi connectivity index (χ1) is 11.2. The number of aliphatic carboxylic acids is 1. The molecule has 0 saturated carbocycles. The van der Waals surface area contributed by atoms with E-state index in [4.69, 9.17) is 16.3 Å². The summed E-state index contributed by atoms with van der Waals surface area (Å²) >= 11 is 5.99. The van der Waals surface area contributed by atoms with Crippen LogP contribution < -0.4 is 0 Å². The summed E-state index contributed by atoms with van der Waals surface area (Å²) < 4.78 is 5.31. The summed E-state index contributed by atoms with van der Waals surface area (Å²) in [5, 5.41) is 9.75. The van der Waals surface area contributed by atoms with Gasteiger partial charge >= 0.3 is 12.1 Å². The van der Waals surface area contributed by atoms with Gasteiger partial charge in [-0.3, -0.25) is 14.7 Å². The minimum absolute atomic E-state index is 0.0438. The number of aromatic nitrogens is 2. The molecule has 132 valence electrons. The Morgan fingerprint density at radius 2 is 2.00 bits per heavy atom. The molecule has 1 amide bonds. The third-order valence-corrected chi connectivity index (χ3v) is 3.82. The third-order valence-electron chi connectivity index (χ3n) is 3.50. The van der Waals surface area contributed by atoms with Crippen molar-refractivity contribution in [3.63, 3.8) is 0 Å². The molecule has 1 fully saturated rings. The summed E-state index contributed by atoms with van der Waals surface area (Å²) in [6.45, 7) is 6.36. The van der Waals surface area contributed by atoms with Crippen LogP contribution in [0.15, 0.2) is 12.4 Å². The fraction of sp³-hybridized carbons (Fsp3) is 0.600. The van der Waals surface area contributed by atoms with E-state index in [1.165, 1.54) is 17.3 Å². The van der Waals surface area contributed by atoms with Crippen LogP contribution in [0.5, 0.6) is 0 Å². The van der Waals surface area contributed by atoms with Gasteiger partial charge in [-0.05, 0) is 20.8 Å². The first-order valence-corrected chi connectivity index (χ1v) is 7.95. The number of carbonyl (C=O) groups is 2. The van der Waals surface area contributed by atoms with Crippen molar-refractivity contribution >= 4 is 23.7 Å². The largest absolute Gasteiger partial charge is 0.480 e. The zero-order chi connectivity index (χ0) is 17.9. The lowest BCUT2D eigenvalue weighted by Crippen LogP contribution is -2.57. The van der Waals surface area contributed by atoms with Gasteiger partial charge < -0.3 is 14.7 Å². The highest BCUT2D eigenvalue weighted by Gasteiger charge is 2.36. The molecule has 0 bridgehead atoms. The molecule has 0 radical (unpaired) electrons. The topological polar surface area (TPSA) is 95.9 Å². The average molecular weight is 357 g/mol. The number of piperazine rings is 1. The van der Waals surface area contributed by atoms with E-state index >= 15 is 0 Å². The number of amides is 1. The van der Waals surface area contributed by atoms with Crippen molar-refractivity contribution in [1.82, 2.24) is 19.8 Å². The van der Waals surface area contributed by atoms with E-state index in [1.807, 2.05) is 0 Å². The molecular formula is C15H21ClN4O4. The number of ether oxygens (including phenoxy) is 1. The number of halogens is 1. The van der Waals surface area contributed by atoms with Crippen LogP contribution in [-0.4, -0.2) is 68.2 Å². The van der Waals surface area contributed by atoms with Gasteiger partial charge in [0.2, 0.25) is 0 Å². The molecule has 1 aromatic heterocycles. The predicted molar refractivity (Wildman–Crippen MR) is 86.7 cm³/mol. The molecule has 2 heterocycles. The van der Waals surface area contributed by atoms with Crippen molar-refractivity contribution in [3.8, 4) is 0 Å². The van der Waals surface area contributed by atoms with Crippen LogP contribution in [0.2, 0.25) is 5.15 Å². The minimum atomic E-state index is -1.01. The van der Waals surface area contributed by atoms with Crippen molar-refractivity contribution < 1.29 is 19.4 Å². The van der Waals surface area contributed by atoms with Gasteiger partial charge in [-0.2, -0.15) is 0 Å². The average Bonchev–Trinajstić information content (AvgIpc) is 2.48. The number of carboxylic acids is 1. The summed E-state index contributed by atoms with van der Waals surface area (Å²) in [5.74, 6) is -1.01. The van der Waals surface area contributed by atoms with Gasteiger partial charge in [0.05, 0.1) is 12.2 Å². The first-order valence-electron chi connectivity index (χ1n) is 7.57. The minimum Gasteiger partial charge on any atom is -0.480 e. The van der Waals surface area contributed by atoms with Crippen molar-refractivity contribution in [3.05, 3.63) is 23.2 Å². The Bertz CT molecular complexity index is 620. The van der Waals surface area contributed by atoms with Gasteiger partial charge in [-0.15, -0.1) is 0 Å². The maximum absolute atomic E-state index is 12.1. The lowest BCUT2D eigenvalue weighted by atomic mass is 10.1. The lowest BCUT2D eigenvalue weighted by molar-refractivity contribution is -0.145. The quantitative estimate of drug-likeness (QED) is 0.879. The Kier molecular flexibility index (Phi) is 5.61. The normalized spacial score (nSPS) is 19.2. The van der Waals surface area contributed by atoms with Crippen LogP contribution >= 0.6 is 11.6 Å². The maximum Gasteiger partial charge on any atom is 0.410 e. The summed E-state index contributed by atoms with van der Waals surface area (Å²) in [5.41, 5.74) is -0.115. The Balaban J connectivity index is 2.07. The van der Waals surface area contributed by atoms with Crippen molar-refractivity contribution in [2.75, 3.05) is 19.6 Å². The SMILES string of the molecule is CC(C)(C)OC(=O)N1CCN(Cc2nccnc2Cl)[C@H](C(=O)O)C1. The second-order valence-electron chi connectivity index (χ2n) is 6.54. The van der Waals surface area contributed by atoms with E-state index in [0.29, 0.717) is 18.8 Å². The van der Waals surface area contributed by atoms with E-state index in [1.54, 1.807) is 25.7 Å². The van der Waals surface area contributed by atoms with Crippen molar-refractivity contribution in [2.45, 2.75) is 39.0 Å². The predicted octanol–water partition coefficient (Wildman–Crippen LogP) is 1.64. The van der Waals surface area contributed by atoms with Gasteiger partial charge in [-0.25, -0.2) is 9.78 Å². The molecule has 0 unspecified atom stereocenters. The molecule has 1 saturated heterocycles. The highest BCUT2D eigenvalue weighted by molar-refractivity contribution is 6.29. The number of nitrogens with zero attached hydrogens (tertiary/aromatic N) is 4. The van der Waals surface area contributed by atoms with Gasteiger partial charge in [0, 0.05) is 32.0 Å². The monoisotopic (exact) mass is 356 g/mol. The fourth-order valence-electron chi connectivity index (χ4n) is 2.38. The number of carboxylic acid groups (broad SMARTS) is 1.